The first-order valence-electron chi connectivity index (χ1n) is 10.4. The number of hydrogen-bond donors (Lipinski definition) is 2. The predicted octanol–water partition coefficient (Wildman–Crippen LogP) is 3.10. The normalized spacial score (nSPS) is 15.7. The number of hydrogen-bond acceptors (Lipinski definition) is 6. The van der Waals surface area contributed by atoms with Crippen molar-refractivity contribution < 1.29 is 14.1 Å². The van der Waals surface area contributed by atoms with Gasteiger partial charge in [-0.05, 0) is 24.5 Å². The van der Waals surface area contributed by atoms with Gasteiger partial charge in [-0.25, -0.2) is 0 Å². The highest BCUT2D eigenvalue weighted by Gasteiger charge is 2.22. The number of amides is 2. The van der Waals surface area contributed by atoms with Crippen molar-refractivity contribution in [3.8, 4) is 0 Å². The molecule has 0 bridgehead atoms. The molecule has 0 saturated heterocycles. The first kappa shape index (κ1) is 21.0. The summed E-state index contributed by atoms with van der Waals surface area (Å²) in [4.78, 5) is 31.9. The second-order valence-electron chi connectivity index (χ2n) is 7.75. The molecule has 8 nitrogen and oxygen atoms in total. The standard InChI is InChI=1S/C21H29N5O3/c22-18(27)13-16(10-6-9-15-7-2-1-3-8-15)21-25-19(26-29-21)14-24-20(28)17-11-4-5-12-23-17/h4-5,11-12,15-16H,1-3,6-10,13-14H2,(H2,22,27)(H,24,28). The maximum Gasteiger partial charge on any atom is 0.270 e. The van der Waals surface area contributed by atoms with Crippen LogP contribution < -0.4 is 11.1 Å². The van der Waals surface area contributed by atoms with Crippen LogP contribution >= 0.6 is 0 Å². The van der Waals surface area contributed by atoms with Gasteiger partial charge in [0.05, 0.1) is 6.54 Å². The molecule has 3 N–H and O–H groups in total. The Morgan fingerprint density at radius 1 is 1.24 bits per heavy atom. The van der Waals surface area contributed by atoms with Crippen molar-refractivity contribution in [1.29, 1.82) is 0 Å². The van der Waals surface area contributed by atoms with Crippen LogP contribution in [-0.4, -0.2) is 26.9 Å². The highest BCUT2D eigenvalue weighted by molar-refractivity contribution is 5.92. The minimum atomic E-state index is -0.379. The first-order chi connectivity index (χ1) is 14.1. The number of primary amides is 1. The fourth-order valence-corrected chi connectivity index (χ4v) is 3.94. The van der Waals surface area contributed by atoms with Gasteiger partial charge in [-0.1, -0.05) is 56.2 Å². The molecule has 1 aliphatic carbocycles. The Labute approximate surface area is 170 Å². The van der Waals surface area contributed by atoms with Crippen LogP contribution in [0.15, 0.2) is 28.9 Å². The Morgan fingerprint density at radius 2 is 2.07 bits per heavy atom. The Bertz CT molecular complexity index is 787. The highest BCUT2D eigenvalue weighted by Crippen LogP contribution is 2.30. The summed E-state index contributed by atoms with van der Waals surface area (Å²) in [5.74, 6) is 0.705. The molecule has 1 atom stereocenters. The van der Waals surface area contributed by atoms with Crippen molar-refractivity contribution in [3.63, 3.8) is 0 Å². The molecule has 2 aromatic heterocycles. The second-order valence-corrected chi connectivity index (χ2v) is 7.75. The molecule has 8 heteroatoms. The van der Waals surface area contributed by atoms with Crippen molar-refractivity contribution in [1.82, 2.24) is 20.4 Å². The molecular formula is C21H29N5O3. The molecule has 156 valence electrons. The fraction of sp³-hybridized carbons (Fsp3) is 0.571. The zero-order chi connectivity index (χ0) is 20.5. The summed E-state index contributed by atoms with van der Waals surface area (Å²) in [5, 5.41) is 6.65. The molecule has 0 aromatic carbocycles. The molecule has 0 spiro atoms. The monoisotopic (exact) mass is 399 g/mol. The predicted molar refractivity (Wildman–Crippen MR) is 107 cm³/mol. The molecule has 0 aliphatic heterocycles. The third-order valence-electron chi connectivity index (χ3n) is 5.47. The van der Waals surface area contributed by atoms with Crippen molar-refractivity contribution in [2.24, 2.45) is 11.7 Å². The molecule has 2 amide bonds. The van der Waals surface area contributed by atoms with Crippen LogP contribution in [0.3, 0.4) is 0 Å². The summed E-state index contributed by atoms with van der Waals surface area (Å²) >= 11 is 0. The molecule has 1 aliphatic rings. The second kappa shape index (κ2) is 10.7. The summed E-state index contributed by atoms with van der Waals surface area (Å²) in [7, 11) is 0. The molecule has 2 aromatic rings. The minimum Gasteiger partial charge on any atom is -0.370 e. The Hall–Kier alpha value is -2.77. The summed E-state index contributed by atoms with van der Waals surface area (Å²) in [6.07, 6.45) is 11.3. The maximum absolute atomic E-state index is 12.1. The van der Waals surface area contributed by atoms with Crippen LogP contribution in [0.1, 0.15) is 85.9 Å². The third-order valence-corrected chi connectivity index (χ3v) is 5.47. The van der Waals surface area contributed by atoms with Gasteiger partial charge in [0.25, 0.3) is 5.91 Å². The van der Waals surface area contributed by atoms with Gasteiger partial charge in [0, 0.05) is 18.5 Å². The number of aromatic nitrogens is 3. The van der Waals surface area contributed by atoms with Gasteiger partial charge >= 0.3 is 0 Å². The summed E-state index contributed by atoms with van der Waals surface area (Å²) in [6, 6.07) is 5.12. The van der Waals surface area contributed by atoms with E-state index >= 15 is 0 Å². The third kappa shape index (κ3) is 6.66. The fourth-order valence-electron chi connectivity index (χ4n) is 3.94. The van der Waals surface area contributed by atoms with E-state index < -0.39 is 0 Å². The van der Waals surface area contributed by atoms with Gasteiger partial charge in [-0.3, -0.25) is 14.6 Å². The van der Waals surface area contributed by atoms with E-state index in [9.17, 15) is 9.59 Å². The molecule has 1 saturated carbocycles. The molecular weight excluding hydrogens is 370 g/mol. The van der Waals surface area contributed by atoms with Crippen molar-refractivity contribution in [2.45, 2.75) is 70.3 Å². The molecule has 29 heavy (non-hydrogen) atoms. The largest absolute Gasteiger partial charge is 0.370 e. The van der Waals surface area contributed by atoms with Gasteiger partial charge in [0.1, 0.15) is 5.69 Å². The maximum atomic E-state index is 12.1. The van der Waals surface area contributed by atoms with Crippen molar-refractivity contribution in [2.75, 3.05) is 0 Å². The van der Waals surface area contributed by atoms with E-state index in [-0.39, 0.29) is 30.7 Å². The topological polar surface area (TPSA) is 124 Å². The number of nitrogens with two attached hydrogens (primary N) is 1. The van der Waals surface area contributed by atoms with Crippen LogP contribution in [0.25, 0.3) is 0 Å². The number of nitrogens with one attached hydrogen (secondary N) is 1. The van der Waals surface area contributed by atoms with Gasteiger partial charge < -0.3 is 15.6 Å². The first-order valence-corrected chi connectivity index (χ1v) is 10.4. The Balaban J connectivity index is 1.52. The van der Waals surface area contributed by atoms with Crippen LogP contribution in [0.4, 0.5) is 0 Å². The zero-order valence-corrected chi connectivity index (χ0v) is 16.7. The van der Waals surface area contributed by atoms with Crippen LogP contribution in [0.5, 0.6) is 0 Å². The van der Waals surface area contributed by atoms with Crippen molar-refractivity contribution in [3.05, 3.63) is 41.8 Å². The van der Waals surface area contributed by atoms with Crippen LogP contribution in [-0.2, 0) is 11.3 Å². The number of nitrogens with zero attached hydrogens (tertiary/aromatic N) is 3. The average molecular weight is 399 g/mol. The lowest BCUT2D eigenvalue weighted by Gasteiger charge is -2.21. The molecule has 1 fully saturated rings. The average Bonchev–Trinajstić information content (AvgIpc) is 3.21. The van der Waals surface area contributed by atoms with E-state index in [2.05, 4.69) is 20.4 Å². The Kier molecular flexibility index (Phi) is 7.72. The van der Waals surface area contributed by atoms with Gasteiger partial charge in [-0.15, -0.1) is 0 Å². The number of carbonyl (C=O) groups excluding carboxylic acids is 2. The number of rotatable bonds is 10. The van der Waals surface area contributed by atoms with Gasteiger partial charge in [0.15, 0.2) is 5.82 Å². The van der Waals surface area contributed by atoms with Crippen molar-refractivity contribution >= 4 is 11.8 Å². The lowest BCUT2D eigenvalue weighted by atomic mass is 9.84. The van der Waals surface area contributed by atoms with Crippen LogP contribution in [0, 0.1) is 5.92 Å². The molecule has 2 heterocycles. The minimum absolute atomic E-state index is 0.129. The Morgan fingerprint density at radius 3 is 2.79 bits per heavy atom. The number of carbonyl (C=O) groups is 2. The highest BCUT2D eigenvalue weighted by atomic mass is 16.5. The lowest BCUT2D eigenvalue weighted by Crippen LogP contribution is -2.24. The lowest BCUT2D eigenvalue weighted by molar-refractivity contribution is -0.118. The summed E-state index contributed by atoms with van der Waals surface area (Å²) < 4.78 is 5.37. The number of pyridine rings is 1. The SMILES string of the molecule is NC(=O)CC(CCCC1CCCCC1)c1nc(CNC(=O)c2ccccn2)no1. The summed E-state index contributed by atoms with van der Waals surface area (Å²) in [6.45, 7) is 0.129. The summed E-state index contributed by atoms with van der Waals surface area (Å²) in [5.41, 5.74) is 5.75. The van der Waals surface area contributed by atoms with E-state index in [1.807, 2.05) is 0 Å². The molecule has 1 unspecified atom stereocenters. The van der Waals surface area contributed by atoms with Gasteiger partial charge in [-0.2, -0.15) is 4.98 Å². The quantitative estimate of drug-likeness (QED) is 0.632. The molecule has 3 rings (SSSR count). The van der Waals surface area contributed by atoms with E-state index in [0.29, 0.717) is 17.4 Å². The van der Waals surface area contributed by atoms with Gasteiger partial charge in [0.2, 0.25) is 11.8 Å². The van der Waals surface area contributed by atoms with E-state index in [1.165, 1.54) is 32.1 Å². The van der Waals surface area contributed by atoms with E-state index in [1.54, 1.807) is 24.4 Å². The van der Waals surface area contributed by atoms with E-state index in [4.69, 9.17) is 10.3 Å². The van der Waals surface area contributed by atoms with Crippen LogP contribution in [0.2, 0.25) is 0 Å². The smallest absolute Gasteiger partial charge is 0.270 e. The van der Waals surface area contributed by atoms with E-state index in [0.717, 1.165) is 25.2 Å². The molecule has 0 radical (unpaired) electrons. The zero-order valence-electron chi connectivity index (χ0n) is 16.7.